The summed E-state index contributed by atoms with van der Waals surface area (Å²) in [5.74, 6) is 0.835. The van der Waals surface area contributed by atoms with Crippen molar-refractivity contribution in [1.82, 2.24) is 5.32 Å². The number of benzene rings is 1. The van der Waals surface area contributed by atoms with Crippen LogP contribution >= 0.6 is 0 Å². The van der Waals surface area contributed by atoms with Crippen molar-refractivity contribution >= 4 is 0 Å². The average molecular weight is 243 g/mol. The standard InChI is InChI=1S/C17H25N/c1-3-11-17(12-7-8-15(2)13-17)18-14-16-9-5-4-6-10-16/h3-6,9-10,15,18H,1,7-8,11-14H2,2H3. The lowest BCUT2D eigenvalue weighted by Crippen LogP contribution is -2.47. The quantitative estimate of drug-likeness (QED) is 0.760. The fourth-order valence-corrected chi connectivity index (χ4v) is 3.24. The van der Waals surface area contributed by atoms with Gasteiger partial charge in [0.2, 0.25) is 0 Å². The Bertz CT molecular complexity index is 370. The van der Waals surface area contributed by atoms with E-state index in [0.717, 1.165) is 18.9 Å². The maximum absolute atomic E-state index is 3.94. The van der Waals surface area contributed by atoms with Gasteiger partial charge in [-0.15, -0.1) is 6.58 Å². The van der Waals surface area contributed by atoms with Crippen LogP contribution in [0.4, 0.5) is 0 Å². The maximum Gasteiger partial charge on any atom is 0.0221 e. The summed E-state index contributed by atoms with van der Waals surface area (Å²) in [6.45, 7) is 7.29. The molecule has 2 atom stereocenters. The van der Waals surface area contributed by atoms with Crippen LogP contribution in [0.1, 0.15) is 44.6 Å². The molecule has 1 N–H and O–H groups in total. The molecule has 1 saturated carbocycles. The van der Waals surface area contributed by atoms with E-state index in [2.05, 4.69) is 55.2 Å². The molecule has 1 fully saturated rings. The van der Waals surface area contributed by atoms with E-state index < -0.39 is 0 Å². The monoisotopic (exact) mass is 243 g/mol. The highest BCUT2D eigenvalue weighted by Gasteiger charge is 2.33. The molecule has 1 aliphatic carbocycles. The van der Waals surface area contributed by atoms with Crippen LogP contribution in [0.15, 0.2) is 43.0 Å². The van der Waals surface area contributed by atoms with E-state index in [1.807, 2.05) is 0 Å². The number of hydrogen-bond donors (Lipinski definition) is 1. The van der Waals surface area contributed by atoms with Gasteiger partial charge in [-0.2, -0.15) is 0 Å². The first-order valence-electron chi connectivity index (χ1n) is 7.14. The van der Waals surface area contributed by atoms with Crippen molar-refractivity contribution in [2.24, 2.45) is 5.92 Å². The van der Waals surface area contributed by atoms with E-state index in [9.17, 15) is 0 Å². The fraction of sp³-hybridized carbons (Fsp3) is 0.529. The molecule has 0 spiro atoms. The van der Waals surface area contributed by atoms with E-state index in [1.54, 1.807) is 0 Å². The first-order chi connectivity index (χ1) is 8.74. The maximum atomic E-state index is 3.94. The second-order valence-corrected chi connectivity index (χ2v) is 5.81. The minimum atomic E-state index is 0.287. The molecule has 1 heteroatoms. The summed E-state index contributed by atoms with van der Waals surface area (Å²) in [5, 5.41) is 3.81. The van der Waals surface area contributed by atoms with Crippen LogP contribution in [-0.4, -0.2) is 5.54 Å². The lowest BCUT2D eigenvalue weighted by atomic mass is 9.74. The van der Waals surface area contributed by atoms with Gasteiger partial charge in [-0.1, -0.05) is 56.2 Å². The lowest BCUT2D eigenvalue weighted by Gasteiger charge is -2.40. The Morgan fingerprint density at radius 1 is 1.39 bits per heavy atom. The zero-order valence-corrected chi connectivity index (χ0v) is 11.5. The van der Waals surface area contributed by atoms with Crippen LogP contribution < -0.4 is 5.32 Å². The summed E-state index contributed by atoms with van der Waals surface area (Å²) in [4.78, 5) is 0. The summed E-state index contributed by atoms with van der Waals surface area (Å²) >= 11 is 0. The first-order valence-corrected chi connectivity index (χ1v) is 7.14. The van der Waals surface area contributed by atoms with Crippen LogP contribution in [0, 0.1) is 5.92 Å². The molecule has 98 valence electrons. The Labute approximate surface area is 111 Å². The third-order valence-corrected chi connectivity index (χ3v) is 4.14. The molecule has 0 radical (unpaired) electrons. The molecule has 0 aromatic heterocycles. The highest BCUT2D eigenvalue weighted by atomic mass is 15.0. The minimum Gasteiger partial charge on any atom is -0.307 e. The Hall–Kier alpha value is -1.08. The first kappa shape index (κ1) is 13.4. The van der Waals surface area contributed by atoms with E-state index in [1.165, 1.54) is 31.2 Å². The zero-order chi connectivity index (χ0) is 12.8. The molecule has 1 aliphatic rings. The molecule has 1 aromatic rings. The third-order valence-electron chi connectivity index (χ3n) is 4.14. The molecule has 0 aliphatic heterocycles. The molecule has 0 bridgehead atoms. The molecule has 0 saturated heterocycles. The summed E-state index contributed by atoms with van der Waals surface area (Å²) < 4.78 is 0. The van der Waals surface area contributed by atoms with E-state index in [-0.39, 0.29) is 5.54 Å². The Morgan fingerprint density at radius 2 is 2.17 bits per heavy atom. The highest BCUT2D eigenvalue weighted by Crippen LogP contribution is 2.35. The normalized spacial score (nSPS) is 27.9. The smallest absolute Gasteiger partial charge is 0.0221 e. The van der Waals surface area contributed by atoms with Crippen LogP contribution in [0.25, 0.3) is 0 Å². The van der Waals surface area contributed by atoms with Gasteiger partial charge in [0, 0.05) is 12.1 Å². The van der Waals surface area contributed by atoms with E-state index in [4.69, 9.17) is 0 Å². The fourth-order valence-electron chi connectivity index (χ4n) is 3.24. The van der Waals surface area contributed by atoms with Gasteiger partial charge < -0.3 is 5.32 Å². The molecule has 2 unspecified atom stereocenters. The number of hydrogen-bond acceptors (Lipinski definition) is 1. The summed E-state index contributed by atoms with van der Waals surface area (Å²) in [7, 11) is 0. The molecule has 1 nitrogen and oxygen atoms in total. The highest BCUT2D eigenvalue weighted by molar-refractivity contribution is 5.15. The lowest BCUT2D eigenvalue weighted by molar-refractivity contribution is 0.186. The van der Waals surface area contributed by atoms with Crippen LogP contribution in [0.2, 0.25) is 0 Å². The predicted octanol–water partition coefficient (Wildman–Crippen LogP) is 4.30. The van der Waals surface area contributed by atoms with Crippen molar-refractivity contribution in [2.45, 2.75) is 51.1 Å². The van der Waals surface area contributed by atoms with Crippen molar-refractivity contribution in [3.8, 4) is 0 Å². The summed E-state index contributed by atoms with van der Waals surface area (Å²) in [6, 6.07) is 10.7. The average Bonchev–Trinajstić information content (AvgIpc) is 2.38. The molecular formula is C17H25N. The largest absolute Gasteiger partial charge is 0.307 e. The van der Waals surface area contributed by atoms with Gasteiger partial charge in [0.25, 0.3) is 0 Å². The van der Waals surface area contributed by atoms with Gasteiger partial charge in [0.05, 0.1) is 0 Å². The van der Waals surface area contributed by atoms with Gasteiger partial charge in [0.15, 0.2) is 0 Å². The van der Waals surface area contributed by atoms with Gasteiger partial charge in [0.1, 0.15) is 0 Å². The van der Waals surface area contributed by atoms with E-state index >= 15 is 0 Å². The predicted molar refractivity (Wildman–Crippen MR) is 78.5 cm³/mol. The second-order valence-electron chi connectivity index (χ2n) is 5.81. The van der Waals surface area contributed by atoms with Gasteiger partial charge >= 0.3 is 0 Å². The molecule has 2 rings (SSSR count). The molecule has 0 heterocycles. The Kier molecular flexibility index (Phi) is 4.60. The topological polar surface area (TPSA) is 12.0 Å². The van der Waals surface area contributed by atoms with Gasteiger partial charge in [-0.05, 0) is 30.7 Å². The number of nitrogens with one attached hydrogen (secondary N) is 1. The third kappa shape index (κ3) is 3.46. The van der Waals surface area contributed by atoms with Crippen molar-refractivity contribution in [3.63, 3.8) is 0 Å². The molecular weight excluding hydrogens is 218 g/mol. The Balaban J connectivity index is 1.99. The zero-order valence-electron chi connectivity index (χ0n) is 11.5. The van der Waals surface area contributed by atoms with Crippen LogP contribution in [-0.2, 0) is 6.54 Å². The SMILES string of the molecule is C=CCC1(NCc2ccccc2)CCCC(C)C1. The van der Waals surface area contributed by atoms with Crippen molar-refractivity contribution < 1.29 is 0 Å². The summed E-state index contributed by atoms with van der Waals surface area (Å²) in [5.41, 5.74) is 1.66. The molecule has 0 amide bonds. The van der Waals surface area contributed by atoms with Crippen molar-refractivity contribution in [1.29, 1.82) is 0 Å². The molecule has 18 heavy (non-hydrogen) atoms. The van der Waals surface area contributed by atoms with Crippen molar-refractivity contribution in [3.05, 3.63) is 48.6 Å². The van der Waals surface area contributed by atoms with Crippen molar-refractivity contribution in [2.75, 3.05) is 0 Å². The number of rotatable bonds is 5. The van der Waals surface area contributed by atoms with E-state index in [0.29, 0.717) is 0 Å². The van der Waals surface area contributed by atoms with Crippen LogP contribution in [0.5, 0.6) is 0 Å². The van der Waals surface area contributed by atoms with Crippen LogP contribution in [0.3, 0.4) is 0 Å². The second kappa shape index (κ2) is 6.19. The molecule has 1 aromatic carbocycles. The summed E-state index contributed by atoms with van der Waals surface area (Å²) in [6.07, 6.45) is 8.46. The Morgan fingerprint density at radius 3 is 2.83 bits per heavy atom. The van der Waals surface area contributed by atoms with Gasteiger partial charge in [-0.25, -0.2) is 0 Å². The minimum absolute atomic E-state index is 0.287. The van der Waals surface area contributed by atoms with Gasteiger partial charge in [-0.3, -0.25) is 0 Å².